The Labute approximate surface area is 141 Å². The van der Waals surface area contributed by atoms with Crippen molar-refractivity contribution in [2.45, 2.75) is 25.8 Å². The van der Waals surface area contributed by atoms with Crippen LogP contribution in [-0.2, 0) is 4.79 Å². The smallest absolute Gasteiger partial charge is 0.307 e. The highest BCUT2D eigenvalue weighted by Crippen LogP contribution is 2.33. The first kappa shape index (κ1) is 16.7. The molecular formula is C20H22FNO2. The third-order valence-corrected chi connectivity index (χ3v) is 4.69. The van der Waals surface area contributed by atoms with Crippen LogP contribution in [0.25, 0.3) is 0 Å². The number of rotatable bonds is 4. The van der Waals surface area contributed by atoms with Crippen LogP contribution >= 0.6 is 0 Å². The molecule has 0 amide bonds. The SMILES string of the molecule is Cc1cccc(C(c2cccc(F)c2)N2CCCC(C(=O)O)C2)c1. The summed E-state index contributed by atoms with van der Waals surface area (Å²) in [6.45, 7) is 3.34. The quantitative estimate of drug-likeness (QED) is 0.922. The largest absolute Gasteiger partial charge is 0.481 e. The van der Waals surface area contributed by atoms with E-state index in [0.717, 1.165) is 29.7 Å². The number of carboxylic acids is 1. The summed E-state index contributed by atoms with van der Waals surface area (Å²) in [5.41, 5.74) is 3.08. The molecule has 0 radical (unpaired) electrons. The number of carbonyl (C=O) groups is 1. The van der Waals surface area contributed by atoms with E-state index in [1.54, 1.807) is 12.1 Å². The molecule has 2 aromatic carbocycles. The Morgan fingerprint density at radius 1 is 1.21 bits per heavy atom. The van der Waals surface area contributed by atoms with Crippen LogP contribution in [0.4, 0.5) is 4.39 Å². The summed E-state index contributed by atoms with van der Waals surface area (Å²) < 4.78 is 13.8. The fourth-order valence-electron chi connectivity index (χ4n) is 3.57. The number of aliphatic carboxylic acids is 1. The third-order valence-electron chi connectivity index (χ3n) is 4.69. The van der Waals surface area contributed by atoms with E-state index in [4.69, 9.17) is 0 Å². The lowest BCUT2D eigenvalue weighted by atomic mass is 9.91. The van der Waals surface area contributed by atoms with Crippen molar-refractivity contribution in [1.29, 1.82) is 0 Å². The number of benzene rings is 2. The van der Waals surface area contributed by atoms with Crippen molar-refractivity contribution in [2.75, 3.05) is 13.1 Å². The third kappa shape index (κ3) is 3.65. The van der Waals surface area contributed by atoms with Gasteiger partial charge in [0.1, 0.15) is 5.82 Å². The number of halogens is 1. The average molecular weight is 327 g/mol. The van der Waals surface area contributed by atoms with Gasteiger partial charge in [-0.15, -0.1) is 0 Å². The van der Waals surface area contributed by atoms with Crippen LogP contribution in [0.1, 0.15) is 35.6 Å². The van der Waals surface area contributed by atoms with Crippen molar-refractivity contribution in [3.05, 3.63) is 71.0 Å². The standard InChI is InChI=1S/C20H22FNO2/c1-14-5-2-6-15(11-14)19(16-7-3-9-18(21)12-16)22-10-4-8-17(13-22)20(23)24/h2-3,5-7,9,11-12,17,19H,4,8,10,13H2,1H3,(H,23,24). The summed E-state index contributed by atoms with van der Waals surface area (Å²) >= 11 is 0. The molecule has 0 aromatic heterocycles. The maximum absolute atomic E-state index is 13.8. The van der Waals surface area contributed by atoms with E-state index in [1.807, 2.05) is 31.2 Å². The second kappa shape index (κ2) is 7.14. The number of nitrogens with zero attached hydrogens (tertiary/aromatic N) is 1. The Bertz CT molecular complexity index is 686. The zero-order valence-corrected chi connectivity index (χ0v) is 13.8. The lowest BCUT2D eigenvalue weighted by molar-refractivity contribution is -0.143. The summed E-state index contributed by atoms with van der Waals surface area (Å²) in [6.07, 6.45) is 1.55. The zero-order valence-electron chi connectivity index (χ0n) is 13.8. The Kier molecular flexibility index (Phi) is 4.95. The molecule has 2 aromatic rings. The molecule has 24 heavy (non-hydrogen) atoms. The van der Waals surface area contributed by atoms with Crippen molar-refractivity contribution in [1.82, 2.24) is 4.90 Å². The fourth-order valence-corrected chi connectivity index (χ4v) is 3.57. The van der Waals surface area contributed by atoms with Gasteiger partial charge in [0.2, 0.25) is 0 Å². The molecule has 2 unspecified atom stereocenters. The molecule has 1 aliphatic heterocycles. The molecule has 3 nitrogen and oxygen atoms in total. The molecule has 4 heteroatoms. The molecule has 0 aliphatic carbocycles. The monoisotopic (exact) mass is 327 g/mol. The van der Waals surface area contributed by atoms with Crippen molar-refractivity contribution in [3.63, 3.8) is 0 Å². The van der Waals surface area contributed by atoms with E-state index >= 15 is 0 Å². The molecule has 2 atom stereocenters. The van der Waals surface area contributed by atoms with E-state index in [2.05, 4.69) is 11.0 Å². The summed E-state index contributed by atoms with van der Waals surface area (Å²) in [4.78, 5) is 13.6. The summed E-state index contributed by atoms with van der Waals surface area (Å²) in [5.74, 6) is -1.38. The van der Waals surface area contributed by atoms with Gasteiger partial charge in [0, 0.05) is 6.54 Å². The van der Waals surface area contributed by atoms with Gasteiger partial charge < -0.3 is 5.11 Å². The molecule has 1 saturated heterocycles. The van der Waals surface area contributed by atoms with Crippen molar-refractivity contribution >= 4 is 5.97 Å². The maximum Gasteiger partial charge on any atom is 0.307 e. The molecule has 1 fully saturated rings. The molecule has 1 aliphatic rings. The van der Waals surface area contributed by atoms with Crippen LogP contribution in [0.2, 0.25) is 0 Å². The molecule has 0 bridgehead atoms. The van der Waals surface area contributed by atoms with Crippen LogP contribution < -0.4 is 0 Å². The normalized spacial score (nSPS) is 19.8. The maximum atomic E-state index is 13.8. The highest BCUT2D eigenvalue weighted by Gasteiger charge is 2.31. The van der Waals surface area contributed by atoms with E-state index in [9.17, 15) is 14.3 Å². The van der Waals surface area contributed by atoms with E-state index in [1.165, 1.54) is 6.07 Å². The first-order valence-corrected chi connectivity index (χ1v) is 8.33. The van der Waals surface area contributed by atoms with Gasteiger partial charge in [0.05, 0.1) is 12.0 Å². The van der Waals surface area contributed by atoms with Crippen LogP contribution in [0.15, 0.2) is 48.5 Å². The Hall–Kier alpha value is -2.20. The predicted octanol–water partition coefficient (Wildman–Crippen LogP) is 4.02. The fraction of sp³-hybridized carbons (Fsp3) is 0.350. The second-order valence-corrected chi connectivity index (χ2v) is 6.54. The molecule has 126 valence electrons. The topological polar surface area (TPSA) is 40.5 Å². The first-order chi connectivity index (χ1) is 11.5. The molecule has 3 rings (SSSR count). The van der Waals surface area contributed by atoms with Crippen molar-refractivity contribution in [2.24, 2.45) is 5.92 Å². The van der Waals surface area contributed by atoms with Gasteiger partial charge in [-0.2, -0.15) is 0 Å². The highest BCUT2D eigenvalue weighted by molar-refractivity contribution is 5.70. The lowest BCUT2D eigenvalue weighted by Gasteiger charge is -2.37. The minimum Gasteiger partial charge on any atom is -0.481 e. The molecule has 1 N–H and O–H groups in total. The Morgan fingerprint density at radius 2 is 1.92 bits per heavy atom. The number of hydrogen-bond acceptors (Lipinski definition) is 2. The summed E-state index contributed by atoms with van der Waals surface area (Å²) in [5, 5.41) is 9.38. The Morgan fingerprint density at radius 3 is 2.58 bits per heavy atom. The van der Waals surface area contributed by atoms with Crippen LogP contribution in [0, 0.1) is 18.7 Å². The van der Waals surface area contributed by atoms with Gasteiger partial charge in [-0.3, -0.25) is 9.69 Å². The van der Waals surface area contributed by atoms with Gasteiger partial charge in [-0.25, -0.2) is 4.39 Å². The van der Waals surface area contributed by atoms with Gasteiger partial charge in [-0.05, 0) is 49.6 Å². The minimum atomic E-state index is -0.748. The number of piperidine rings is 1. The average Bonchev–Trinajstić information content (AvgIpc) is 2.55. The van der Waals surface area contributed by atoms with Gasteiger partial charge >= 0.3 is 5.97 Å². The lowest BCUT2D eigenvalue weighted by Crippen LogP contribution is -2.41. The molecule has 0 saturated carbocycles. The van der Waals surface area contributed by atoms with Crippen LogP contribution in [-0.4, -0.2) is 29.1 Å². The highest BCUT2D eigenvalue weighted by atomic mass is 19.1. The van der Waals surface area contributed by atoms with E-state index in [-0.39, 0.29) is 17.8 Å². The minimum absolute atomic E-state index is 0.122. The van der Waals surface area contributed by atoms with E-state index < -0.39 is 5.97 Å². The number of carboxylic acid groups (broad SMARTS) is 1. The molecular weight excluding hydrogens is 305 g/mol. The Balaban J connectivity index is 2.00. The summed E-state index contributed by atoms with van der Waals surface area (Å²) in [6, 6.07) is 14.7. The number of aryl methyl sites for hydroxylation is 1. The van der Waals surface area contributed by atoms with Gasteiger partial charge in [0.25, 0.3) is 0 Å². The van der Waals surface area contributed by atoms with Gasteiger partial charge in [-0.1, -0.05) is 42.0 Å². The van der Waals surface area contributed by atoms with Crippen LogP contribution in [0.5, 0.6) is 0 Å². The zero-order chi connectivity index (χ0) is 17.1. The summed E-state index contributed by atoms with van der Waals surface area (Å²) in [7, 11) is 0. The molecule has 0 spiro atoms. The second-order valence-electron chi connectivity index (χ2n) is 6.54. The number of hydrogen-bond donors (Lipinski definition) is 1. The van der Waals surface area contributed by atoms with Crippen molar-refractivity contribution < 1.29 is 14.3 Å². The van der Waals surface area contributed by atoms with Crippen LogP contribution in [0.3, 0.4) is 0 Å². The predicted molar refractivity (Wildman–Crippen MR) is 91.4 cm³/mol. The number of likely N-dealkylation sites (tertiary alicyclic amines) is 1. The van der Waals surface area contributed by atoms with E-state index in [0.29, 0.717) is 13.0 Å². The molecule has 1 heterocycles. The van der Waals surface area contributed by atoms with Crippen molar-refractivity contribution in [3.8, 4) is 0 Å². The first-order valence-electron chi connectivity index (χ1n) is 8.33. The van der Waals surface area contributed by atoms with Gasteiger partial charge in [0.15, 0.2) is 0 Å².